The molecule has 1 aromatic rings. The Morgan fingerprint density at radius 2 is 2.00 bits per heavy atom. The molecule has 2 unspecified atom stereocenters. The van der Waals surface area contributed by atoms with E-state index in [0.29, 0.717) is 24.4 Å². The van der Waals surface area contributed by atoms with Crippen LogP contribution in [0.15, 0.2) is 24.3 Å². The molecule has 2 atom stereocenters. The second-order valence-electron chi connectivity index (χ2n) is 6.18. The number of aryl methyl sites for hydroxylation is 1. The van der Waals surface area contributed by atoms with Crippen LogP contribution in [0.1, 0.15) is 36.8 Å². The second-order valence-corrected chi connectivity index (χ2v) is 7.32. The molecule has 0 saturated carbocycles. The number of carbonyl (C=O) groups excluding carboxylic acids is 1. The quantitative estimate of drug-likeness (QED) is 0.850. The first-order chi connectivity index (χ1) is 9.67. The summed E-state index contributed by atoms with van der Waals surface area (Å²) in [6.45, 7) is 2.08. The lowest BCUT2D eigenvalue weighted by Crippen LogP contribution is -2.47. The topological polar surface area (TPSA) is 20.3 Å². The molecule has 2 fully saturated rings. The van der Waals surface area contributed by atoms with Crippen molar-refractivity contribution in [2.45, 2.75) is 56.4 Å². The Balaban J connectivity index is 1.69. The van der Waals surface area contributed by atoms with Crippen LogP contribution >= 0.6 is 11.8 Å². The average molecular weight is 289 g/mol. The molecule has 0 radical (unpaired) electrons. The van der Waals surface area contributed by atoms with E-state index in [-0.39, 0.29) is 0 Å². The normalized spacial score (nSPS) is 28.7. The van der Waals surface area contributed by atoms with Gasteiger partial charge in [0.15, 0.2) is 0 Å². The van der Waals surface area contributed by atoms with E-state index in [2.05, 4.69) is 36.3 Å². The third kappa shape index (κ3) is 2.73. The third-order valence-corrected chi connectivity index (χ3v) is 5.80. The summed E-state index contributed by atoms with van der Waals surface area (Å²) in [5.41, 5.74) is 2.39. The highest BCUT2D eigenvalue weighted by molar-refractivity contribution is 7.99. The SMILES string of the molecule is CSC1CC2CCC(C1)N2C(=O)Cc1cccc(C)c1. The first-order valence-electron chi connectivity index (χ1n) is 7.57. The molecular formula is C17H23NOS. The summed E-state index contributed by atoms with van der Waals surface area (Å²) in [6, 6.07) is 9.34. The lowest BCUT2D eigenvalue weighted by atomic mass is 10.0. The van der Waals surface area contributed by atoms with Crippen LogP contribution in [0, 0.1) is 6.92 Å². The monoisotopic (exact) mass is 289 g/mol. The molecule has 0 spiro atoms. The van der Waals surface area contributed by atoms with Gasteiger partial charge in [0.25, 0.3) is 0 Å². The zero-order valence-corrected chi connectivity index (χ0v) is 13.2. The van der Waals surface area contributed by atoms with E-state index in [4.69, 9.17) is 0 Å². The molecule has 2 heterocycles. The van der Waals surface area contributed by atoms with Gasteiger partial charge >= 0.3 is 0 Å². The van der Waals surface area contributed by atoms with Crippen LogP contribution in [-0.4, -0.2) is 34.4 Å². The number of nitrogens with zero attached hydrogens (tertiary/aromatic N) is 1. The van der Waals surface area contributed by atoms with Crippen molar-refractivity contribution in [3.05, 3.63) is 35.4 Å². The molecule has 1 amide bonds. The Bertz CT molecular complexity index is 488. The number of piperidine rings is 1. The van der Waals surface area contributed by atoms with Gasteiger partial charge in [0.1, 0.15) is 0 Å². The lowest BCUT2D eigenvalue weighted by molar-refractivity contribution is -0.134. The van der Waals surface area contributed by atoms with Crippen molar-refractivity contribution in [3.63, 3.8) is 0 Å². The summed E-state index contributed by atoms with van der Waals surface area (Å²) in [7, 11) is 0. The maximum absolute atomic E-state index is 12.7. The van der Waals surface area contributed by atoms with Crippen molar-refractivity contribution in [1.82, 2.24) is 4.90 Å². The molecule has 0 aliphatic carbocycles. The number of carbonyl (C=O) groups is 1. The van der Waals surface area contributed by atoms with Crippen LogP contribution < -0.4 is 0 Å². The van der Waals surface area contributed by atoms with Crippen molar-refractivity contribution >= 4 is 17.7 Å². The van der Waals surface area contributed by atoms with Gasteiger partial charge < -0.3 is 4.90 Å². The molecule has 1 aromatic carbocycles. The van der Waals surface area contributed by atoms with Crippen molar-refractivity contribution in [2.24, 2.45) is 0 Å². The number of fused-ring (bicyclic) bond motifs is 2. The van der Waals surface area contributed by atoms with E-state index in [1.54, 1.807) is 0 Å². The summed E-state index contributed by atoms with van der Waals surface area (Å²) in [5, 5.41) is 0.760. The minimum absolute atomic E-state index is 0.336. The molecule has 2 saturated heterocycles. The Kier molecular flexibility index (Phi) is 4.06. The Hall–Kier alpha value is -0.960. The number of benzene rings is 1. The number of rotatable bonds is 3. The van der Waals surface area contributed by atoms with Crippen molar-refractivity contribution in [3.8, 4) is 0 Å². The van der Waals surface area contributed by atoms with Gasteiger partial charge in [0.2, 0.25) is 5.91 Å². The fraction of sp³-hybridized carbons (Fsp3) is 0.588. The fourth-order valence-corrected chi connectivity index (χ4v) is 4.64. The number of hydrogen-bond donors (Lipinski definition) is 0. The standard InChI is InChI=1S/C17H23NOS/c1-12-4-3-5-13(8-12)9-17(19)18-14-6-7-15(18)11-16(10-14)20-2/h3-5,8,14-16H,6-7,9-11H2,1-2H3. The Morgan fingerprint density at radius 1 is 1.30 bits per heavy atom. The minimum Gasteiger partial charge on any atom is -0.336 e. The van der Waals surface area contributed by atoms with E-state index < -0.39 is 0 Å². The number of hydrogen-bond acceptors (Lipinski definition) is 2. The molecule has 0 N–H and O–H groups in total. The van der Waals surface area contributed by atoms with Crippen LogP contribution in [0.5, 0.6) is 0 Å². The summed E-state index contributed by atoms with van der Waals surface area (Å²) >= 11 is 1.97. The highest BCUT2D eigenvalue weighted by atomic mass is 32.2. The molecule has 2 aliphatic heterocycles. The number of thioether (sulfide) groups is 1. The average Bonchev–Trinajstić information content (AvgIpc) is 2.69. The van der Waals surface area contributed by atoms with Crippen LogP contribution in [0.4, 0.5) is 0 Å². The Labute approximate surface area is 125 Å². The van der Waals surface area contributed by atoms with Crippen molar-refractivity contribution in [2.75, 3.05) is 6.26 Å². The predicted molar refractivity (Wildman–Crippen MR) is 85.1 cm³/mol. The lowest BCUT2D eigenvalue weighted by Gasteiger charge is -2.38. The van der Waals surface area contributed by atoms with E-state index in [1.165, 1.54) is 31.2 Å². The molecule has 2 aliphatic rings. The summed E-state index contributed by atoms with van der Waals surface area (Å²) in [6.07, 6.45) is 7.57. The fourth-order valence-electron chi connectivity index (χ4n) is 3.81. The van der Waals surface area contributed by atoms with Crippen LogP contribution in [0.25, 0.3) is 0 Å². The molecule has 3 rings (SSSR count). The third-order valence-electron chi connectivity index (χ3n) is 4.75. The molecule has 3 heteroatoms. The van der Waals surface area contributed by atoms with Gasteiger partial charge in [-0.1, -0.05) is 29.8 Å². The highest BCUT2D eigenvalue weighted by Crippen LogP contribution is 2.39. The van der Waals surface area contributed by atoms with Crippen LogP contribution in [0.3, 0.4) is 0 Å². The smallest absolute Gasteiger partial charge is 0.227 e. The Morgan fingerprint density at radius 3 is 2.60 bits per heavy atom. The molecule has 20 heavy (non-hydrogen) atoms. The van der Waals surface area contributed by atoms with Crippen molar-refractivity contribution < 1.29 is 4.79 Å². The maximum Gasteiger partial charge on any atom is 0.227 e. The number of amides is 1. The second kappa shape index (κ2) is 5.80. The predicted octanol–water partition coefficient (Wildman–Crippen LogP) is 3.42. The minimum atomic E-state index is 0.336. The van der Waals surface area contributed by atoms with Gasteiger partial charge in [-0.05, 0) is 44.4 Å². The van der Waals surface area contributed by atoms with E-state index in [1.807, 2.05) is 17.8 Å². The first kappa shape index (κ1) is 14.0. The molecule has 2 bridgehead atoms. The van der Waals surface area contributed by atoms with E-state index >= 15 is 0 Å². The summed E-state index contributed by atoms with van der Waals surface area (Å²) in [5.74, 6) is 0.336. The van der Waals surface area contributed by atoms with Gasteiger partial charge in [-0.2, -0.15) is 11.8 Å². The molecular weight excluding hydrogens is 266 g/mol. The van der Waals surface area contributed by atoms with E-state index in [9.17, 15) is 4.79 Å². The molecule has 2 nitrogen and oxygen atoms in total. The highest BCUT2D eigenvalue weighted by Gasteiger charge is 2.42. The van der Waals surface area contributed by atoms with Gasteiger partial charge in [0, 0.05) is 17.3 Å². The van der Waals surface area contributed by atoms with Crippen LogP contribution in [0.2, 0.25) is 0 Å². The van der Waals surface area contributed by atoms with Crippen molar-refractivity contribution in [1.29, 1.82) is 0 Å². The zero-order valence-electron chi connectivity index (χ0n) is 12.3. The first-order valence-corrected chi connectivity index (χ1v) is 8.85. The van der Waals surface area contributed by atoms with Gasteiger partial charge in [-0.3, -0.25) is 4.79 Å². The van der Waals surface area contributed by atoms with Gasteiger partial charge in [-0.25, -0.2) is 0 Å². The maximum atomic E-state index is 12.7. The molecule has 0 aromatic heterocycles. The zero-order chi connectivity index (χ0) is 14.1. The largest absolute Gasteiger partial charge is 0.336 e. The van der Waals surface area contributed by atoms with Gasteiger partial charge in [0.05, 0.1) is 6.42 Å². The summed E-state index contributed by atoms with van der Waals surface area (Å²) in [4.78, 5) is 14.9. The van der Waals surface area contributed by atoms with Crippen LogP contribution in [-0.2, 0) is 11.2 Å². The molecule has 108 valence electrons. The van der Waals surface area contributed by atoms with Gasteiger partial charge in [-0.15, -0.1) is 0 Å². The summed E-state index contributed by atoms with van der Waals surface area (Å²) < 4.78 is 0. The van der Waals surface area contributed by atoms with E-state index in [0.717, 1.165) is 10.8 Å².